The average Bonchev–Trinajstić information content (AvgIpc) is 3.53. The fourth-order valence-electron chi connectivity index (χ4n) is 4.64. The van der Waals surface area contributed by atoms with E-state index in [0.717, 1.165) is 57.6 Å². The summed E-state index contributed by atoms with van der Waals surface area (Å²) in [6.07, 6.45) is 5.79. The van der Waals surface area contributed by atoms with Crippen molar-refractivity contribution in [2.75, 3.05) is 11.9 Å². The van der Waals surface area contributed by atoms with Crippen molar-refractivity contribution in [1.29, 1.82) is 0 Å². The molecule has 0 fully saturated rings. The van der Waals surface area contributed by atoms with Crippen LogP contribution in [0.1, 0.15) is 51.8 Å². The number of anilines is 1. The lowest BCUT2D eigenvalue weighted by molar-refractivity contribution is -0.119. The number of hydrogen-bond donors (Lipinski definition) is 1. The Kier molecular flexibility index (Phi) is 6.19. The number of amides is 1. The van der Waals surface area contributed by atoms with E-state index in [4.69, 9.17) is 14.1 Å². The van der Waals surface area contributed by atoms with E-state index in [-0.39, 0.29) is 12.5 Å². The zero-order valence-electron chi connectivity index (χ0n) is 19.8. The third kappa shape index (κ3) is 4.47. The Labute approximate surface area is 203 Å². The van der Waals surface area contributed by atoms with Crippen LogP contribution in [-0.4, -0.2) is 23.5 Å². The van der Waals surface area contributed by atoms with E-state index in [2.05, 4.69) is 5.32 Å². The first-order chi connectivity index (χ1) is 17.0. The van der Waals surface area contributed by atoms with Gasteiger partial charge in [0.2, 0.25) is 0 Å². The van der Waals surface area contributed by atoms with Crippen molar-refractivity contribution < 1.29 is 18.7 Å². The predicted molar refractivity (Wildman–Crippen MR) is 136 cm³/mol. The maximum atomic E-state index is 13.3. The zero-order chi connectivity index (χ0) is 24.4. The Morgan fingerprint density at radius 2 is 1.94 bits per heavy atom. The summed E-state index contributed by atoms with van der Waals surface area (Å²) >= 11 is 0. The monoisotopic (exact) mass is 466 g/mol. The van der Waals surface area contributed by atoms with Crippen molar-refractivity contribution in [3.8, 4) is 0 Å². The van der Waals surface area contributed by atoms with Gasteiger partial charge in [-0.15, -0.1) is 0 Å². The number of carbonyl (C=O) groups is 2. The van der Waals surface area contributed by atoms with E-state index < -0.39 is 5.97 Å². The largest absolute Gasteiger partial charge is 0.465 e. The second-order valence-electron chi connectivity index (χ2n) is 8.60. The minimum Gasteiger partial charge on any atom is -0.465 e. The first kappa shape index (κ1) is 22.6. The van der Waals surface area contributed by atoms with Crippen LogP contribution in [0, 0.1) is 6.92 Å². The topological polar surface area (TPSA) is 81.4 Å². The Bertz CT molecular complexity index is 1450. The van der Waals surface area contributed by atoms with Crippen LogP contribution in [0.5, 0.6) is 0 Å². The van der Waals surface area contributed by atoms with Crippen LogP contribution in [0.25, 0.3) is 22.6 Å². The summed E-state index contributed by atoms with van der Waals surface area (Å²) < 4.78 is 11.0. The Morgan fingerprint density at radius 3 is 2.74 bits per heavy atom. The number of fused-ring (bicyclic) bond motifs is 2. The molecule has 4 aromatic rings. The third-order valence-electron chi connectivity index (χ3n) is 6.34. The van der Waals surface area contributed by atoms with Gasteiger partial charge in [-0.05, 0) is 72.7 Å². The molecule has 0 spiro atoms. The van der Waals surface area contributed by atoms with Crippen molar-refractivity contribution in [3.05, 3.63) is 94.6 Å². The van der Waals surface area contributed by atoms with Crippen molar-refractivity contribution in [1.82, 2.24) is 4.98 Å². The van der Waals surface area contributed by atoms with E-state index in [0.29, 0.717) is 17.5 Å². The molecule has 0 unspecified atom stereocenters. The van der Waals surface area contributed by atoms with E-state index >= 15 is 0 Å². The number of pyridine rings is 1. The number of nitrogens with zero attached hydrogens (tertiary/aromatic N) is 1. The van der Waals surface area contributed by atoms with Gasteiger partial charge in [-0.2, -0.15) is 0 Å². The minimum atomic E-state index is -0.519. The SMILES string of the molecule is CCc1cccc(C)c1NC(=O)COC(=O)c1c2c(nc3ccccc13)/C(=C/c1ccco1)CC2. The number of para-hydroxylation sites is 2. The van der Waals surface area contributed by atoms with Crippen LogP contribution in [-0.2, 0) is 22.4 Å². The fraction of sp³-hybridized carbons (Fsp3) is 0.207. The summed E-state index contributed by atoms with van der Waals surface area (Å²) in [5.74, 6) is -0.142. The molecule has 1 aliphatic carbocycles. The second-order valence-corrected chi connectivity index (χ2v) is 8.60. The summed E-state index contributed by atoms with van der Waals surface area (Å²) in [6.45, 7) is 3.62. The van der Waals surface area contributed by atoms with Gasteiger partial charge in [0, 0.05) is 11.1 Å². The van der Waals surface area contributed by atoms with E-state index in [1.54, 1.807) is 6.26 Å². The molecule has 6 nitrogen and oxygen atoms in total. The molecule has 1 aliphatic rings. The molecular weight excluding hydrogens is 440 g/mol. The van der Waals surface area contributed by atoms with Crippen LogP contribution in [0.2, 0.25) is 0 Å². The molecule has 6 heteroatoms. The molecule has 0 radical (unpaired) electrons. The minimum absolute atomic E-state index is 0.364. The van der Waals surface area contributed by atoms with Crippen molar-refractivity contribution >= 4 is 40.1 Å². The lowest BCUT2D eigenvalue weighted by Gasteiger charge is -2.14. The van der Waals surface area contributed by atoms with Crippen LogP contribution in [0.3, 0.4) is 0 Å². The highest BCUT2D eigenvalue weighted by molar-refractivity contribution is 6.08. The number of hydrogen-bond acceptors (Lipinski definition) is 5. The van der Waals surface area contributed by atoms with Crippen molar-refractivity contribution in [2.24, 2.45) is 0 Å². The molecule has 0 aliphatic heterocycles. The van der Waals surface area contributed by atoms with Gasteiger partial charge in [-0.3, -0.25) is 4.79 Å². The fourth-order valence-corrected chi connectivity index (χ4v) is 4.64. The number of furan rings is 1. The van der Waals surface area contributed by atoms with Gasteiger partial charge in [0.05, 0.1) is 23.0 Å². The molecule has 0 atom stereocenters. The van der Waals surface area contributed by atoms with Crippen LogP contribution in [0.4, 0.5) is 5.69 Å². The van der Waals surface area contributed by atoms with Gasteiger partial charge >= 0.3 is 5.97 Å². The first-order valence-corrected chi connectivity index (χ1v) is 11.8. The van der Waals surface area contributed by atoms with E-state index in [1.165, 1.54) is 0 Å². The maximum Gasteiger partial charge on any atom is 0.339 e. The molecule has 0 bridgehead atoms. The van der Waals surface area contributed by atoms with Crippen LogP contribution < -0.4 is 5.32 Å². The molecule has 2 aromatic carbocycles. The molecule has 0 saturated carbocycles. The molecule has 1 amide bonds. The van der Waals surface area contributed by atoms with Gasteiger partial charge in [0.1, 0.15) is 5.76 Å². The number of nitrogens with one attached hydrogen (secondary N) is 1. The molecule has 1 N–H and O–H groups in total. The lowest BCUT2D eigenvalue weighted by Crippen LogP contribution is -2.22. The lowest BCUT2D eigenvalue weighted by atomic mass is 10.0. The normalized spacial score (nSPS) is 13.7. The Balaban J connectivity index is 1.42. The van der Waals surface area contributed by atoms with Crippen LogP contribution in [0.15, 0.2) is 65.3 Å². The molecule has 176 valence electrons. The number of esters is 1. The van der Waals surface area contributed by atoms with Crippen LogP contribution >= 0.6 is 0 Å². The number of rotatable bonds is 6. The van der Waals surface area contributed by atoms with Gasteiger partial charge in [0.25, 0.3) is 5.91 Å². The number of aryl methyl sites for hydroxylation is 2. The highest BCUT2D eigenvalue weighted by Crippen LogP contribution is 2.37. The van der Waals surface area contributed by atoms with E-state index in [1.807, 2.05) is 74.5 Å². The van der Waals surface area contributed by atoms with Crippen molar-refractivity contribution in [3.63, 3.8) is 0 Å². The maximum absolute atomic E-state index is 13.3. The number of benzene rings is 2. The summed E-state index contributed by atoms with van der Waals surface area (Å²) in [6, 6.07) is 17.1. The number of aromatic nitrogens is 1. The number of ether oxygens (including phenoxy) is 1. The molecule has 0 saturated heterocycles. The second kappa shape index (κ2) is 9.58. The van der Waals surface area contributed by atoms with Gasteiger partial charge in [0.15, 0.2) is 6.61 Å². The molecular formula is C29H26N2O4. The van der Waals surface area contributed by atoms with E-state index in [9.17, 15) is 9.59 Å². The van der Waals surface area contributed by atoms with Crippen molar-refractivity contribution in [2.45, 2.75) is 33.1 Å². The van der Waals surface area contributed by atoms with Gasteiger partial charge in [-0.25, -0.2) is 9.78 Å². The van der Waals surface area contributed by atoms with Gasteiger partial charge < -0.3 is 14.5 Å². The summed E-state index contributed by atoms with van der Waals surface area (Å²) in [4.78, 5) is 30.8. The third-order valence-corrected chi connectivity index (χ3v) is 6.34. The molecule has 2 aromatic heterocycles. The van der Waals surface area contributed by atoms with Gasteiger partial charge in [-0.1, -0.05) is 43.3 Å². The Hall–Kier alpha value is -4.19. The molecule has 35 heavy (non-hydrogen) atoms. The highest BCUT2D eigenvalue weighted by Gasteiger charge is 2.28. The summed E-state index contributed by atoms with van der Waals surface area (Å²) in [5, 5.41) is 3.63. The quantitative estimate of drug-likeness (QED) is 0.354. The smallest absolute Gasteiger partial charge is 0.339 e. The standard InChI is InChI=1S/C29H26N2O4/c1-3-19-9-6-8-18(2)27(19)31-25(32)17-35-29(33)26-22-11-4-5-12-24(22)30-28-20(13-14-23(26)28)16-21-10-7-15-34-21/h4-12,15-16H,3,13-14,17H2,1-2H3,(H,31,32)/b20-16+. The number of carbonyl (C=O) groups excluding carboxylic acids is 2. The Morgan fingerprint density at radius 1 is 1.09 bits per heavy atom. The summed E-state index contributed by atoms with van der Waals surface area (Å²) in [5.41, 5.74) is 6.62. The highest BCUT2D eigenvalue weighted by atomic mass is 16.5. The zero-order valence-corrected chi connectivity index (χ0v) is 19.8. The average molecular weight is 467 g/mol. The number of allylic oxidation sites excluding steroid dienone is 1. The summed E-state index contributed by atoms with van der Waals surface area (Å²) in [7, 11) is 0. The molecule has 2 heterocycles. The molecule has 5 rings (SSSR count). The first-order valence-electron chi connectivity index (χ1n) is 11.8. The predicted octanol–water partition coefficient (Wildman–Crippen LogP) is 5.98.